The van der Waals surface area contributed by atoms with E-state index in [1.54, 1.807) is 0 Å². The van der Waals surface area contributed by atoms with Gasteiger partial charge in [-0.25, -0.2) is 4.79 Å². The van der Waals surface area contributed by atoms with Crippen LogP contribution in [-0.4, -0.2) is 23.9 Å². The van der Waals surface area contributed by atoms with Gasteiger partial charge in [-0.2, -0.15) is 0 Å². The van der Waals surface area contributed by atoms with Crippen LogP contribution in [0.15, 0.2) is 53.5 Å². The smallest absolute Gasteiger partial charge is 0.409 e. The molecule has 1 fully saturated rings. The van der Waals surface area contributed by atoms with Crippen LogP contribution in [0.25, 0.3) is 0 Å². The molecule has 27 heavy (non-hydrogen) atoms. The standard InChI is InChI=1S/C21H21N3O3/c1-13-6-5-9-16-17(13)23-20(25)19(22-18(16)15-10-11-15)24-21(26)27-12-14-7-3-2-4-8-14/h2-9,15,19H,10-12H2,1H3,(H,23,25)(H,24,26). The number of benzene rings is 2. The monoisotopic (exact) mass is 363 g/mol. The van der Waals surface area contributed by atoms with E-state index in [9.17, 15) is 9.59 Å². The van der Waals surface area contributed by atoms with E-state index in [-0.39, 0.29) is 12.5 Å². The molecule has 0 aromatic heterocycles. The average molecular weight is 363 g/mol. The zero-order valence-corrected chi connectivity index (χ0v) is 15.1. The first-order chi connectivity index (χ1) is 13.1. The number of ether oxygens (including phenoxy) is 1. The minimum atomic E-state index is -1.00. The number of fused-ring (bicyclic) bond motifs is 1. The van der Waals surface area contributed by atoms with Gasteiger partial charge in [0.2, 0.25) is 6.17 Å². The molecule has 4 rings (SSSR count). The molecule has 6 heteroatoms. The van der Waals surface area contributed by atoms with Crippen LogP contribution < -0.4 is 10.6 Å². The third-order valence-corrected chi connectivity index (χ3v) is 4.74. The molecule has 0 spiro atoms. The first-order valence-corrected chi connectivity index (χ1v) is 9.07. The Hall–Kier alpha value is -3.15. The van der Waals surface area contributed by atoms with Crippen molar-refractivity contribution in [3.63, 3.8) is 0 Å². The lowest BCUT2D eigenvalue weighted by molar-refractivity contribution is -0.117. The van der Waals surface area contributed by atoms with Crippen molar-refractivity contribution in [2.24, 2.45) is 10.9 Å². The van der Waals surface area contributed by atoms with Crippen molar-refractivity contribution in [3.8, 4) is 0 Å². The van der Waals surface area contributed by atoms with Gasteiger partial charge in [0.25, 0.3) is 5.91 Å². The maximum absolute atomic E-state index is 12.6. The van der Waals surface area contributed by atoms with E-state index in [4.69, 9.17) is 4.74 Å². The fourth-order valence-electron chi connectivity index (χ4n) is 3.16. The van der Waals surface area contributed by atoms with Gasteiger partial charge >= 0.3 is 6.09 Å². The summed E-state index contributed by atoms with van der Waals surface area (Å²) in [5, 5.41) is 5.49. The van der Waals surface area contributed by atoms with Crippen molar-refractivity contribution in [2.75, 3.05) is 5.32 Å². The lowest BCUT2D eigenvalue weighted by Crippen LogP contribution is -2.42. The molecule has 1 aliphatic heterocycles. The molecule has 0 saturated heterocycles. The van der Waals surface area contributed by atoms with Gasteiger partial charge in [-0.05, 0) is 30.9 Å². The Morgan fingerprint density at radius 3 is 2.70 bits per heavy atom. The van der Waals surface area contributed by atoms with E-state index in [0.717, 1.165) is 40.9 Å². The number of aliphatic imine (C=N–C) groups is 1. The summed E-state index contributed by atoms with van der Waals surface area (Å²) in [6.07, 6.45) is 0.424. The first kappa shape index (κ1) is 17.3. The molecule has 1 unspecified atom stereocenters. The van der Waals surface area contributed by atoms with Gasteiger partial charge < -0.3 is 10.1 Å². The summed E-state index contributed by atoms with van der Waals surface area (Å²) in [5.41, 5.74) is 4.44. The van der Waals surface area contributed by atoms with Crippen LogP contribution in [0.2, 0.25) is 0 Å². The van der Waals surface area contributed by atoms with Crippen molar-refractivity contribution in [2.45, 2.75) is 32.5 Å². The Morgan fingerprint density at radius 2 is 1.96 bits per heavy atom. The quantitative estimate of drug-likeness (QED) is 0.874. The van der Waals surface area contributed by atoms with E-state index >= 15 is 0 Å². The SMILES string of the molecule is Cc1cccc2c1NC(=O)C(NC(=O)OCc1ccccc1)N=C2C1CC1. The molecule has 1 saturated carbocycles. The summed E-state index contributed by atoms with van der Waals surface area (Å²) >= 11 is 0. The Kier molecular flexibility index (Phi) is 4.62. The molecule has 1 heterocycles. The molecule has 2 N–H and O–H groups in total. The molecule has 2 aromatic carbocycles. The highest BCUT2D eigenvalue weighted by Crippen LogP contribution is 2.37. The van der Waals surface area contributed by atoms with Gasteiger partial charge in [-0.1, -0.05) is 48.5 Å². The highest BCUT2D eigenvalue weighted by atomic mass is 16.5. The van der Waals surface area contributed by atoms with Crippen LogP contribution >= 0.6 is 0 Å². The van der Waals surface area contributed by atoms with E-state index in [1.807, 2.05) is 55.5 Å². The molecular weight excluding hydrogens is 342 g/mol. The second kappa shape index (κ2) is 7.23. The van der Waals surface area contributed by atoms with Crippen LogP contribution in [0.3, 0.4) is 0 Å². The Morgan fingerprint density at radius 1 is 1.19 bits per heavy atom. The second-order valence-corrected chi connectivity index (χ2v) is 6.88. The molecule has 0 radical (unpaired) electrons. The minimum Gasteiger partial charge on any atom is -0.445 e. The van der Waals surface area contributed by atoms with Crippen LogP contribution in [-0.2, 0) is 16.1 Å². The Balaban J connectivity index is 1.51. The topological polar surface area (TPSA) is 79.8 Å². The number of hydrogen-bond donors (Lipinski definition) is 2. The molecule has 1 aliphatic carbocycles. The molecule has 2 aliphatic rings. The fourth-order valence-corrected chi connectivity index (χ4v) is 3.16. The van der Waals surface area contributed by atoms with Gasteiger partial charge in [0.05, 0.1) is 11.4 Å². The molecule has 1 atom stereocenters. The number of carbonyl (C=O) groups is 2. The first-order valence-electron chi connectivity index (χ1n) is 9.07. The van der Waals surface area contributed by atoms with Crippen LogP contribution in [0.5, 0.6) is 0 Å². The number of hydrogen-bond acceptors (Lipinski definition) is 4. The zero-order chi connectivity index (χ0) is 18.8. The number of benzodiazepines with no additional fused rings is 1. The lowest BCUT2D eigenvalue weighted by Gasteiger charge is -2.14. The number of nitrogens with zero attached hydrogens (tertiary/aromatic N) is 1. The van der Waals surface area contributed by atoms with Crippen LogP contribution in [0, 0.1) is 12.8 Å². The predicted octanol–water partition coefficient (Wildman–Crippen LogP) is 3.40. The molecule has 0 bridgehead atoms. The number of carbonyl (C=O) groups excluding carboxylic acids is 2. The van der Waals surface area contributed by atoms with Gasteiger partial charge in [0.1, 0.15) is 6.61 Å². The Bertz CT molecular complexity index is 904. The van der Waals surface area contributed by atoms with Crippen LogP contribution in [0.4, 0.5) is 10.5 Å². The van der Waals surface area contributed by atoms with Crippen molar-refractivity contribution in [1.82, 2.24) is 5.32 Å². The fraction of sp³-hybridized carbons (Fsp3) is 0.286. The minimum absolute atomic E-state index is 0.138. The molecule has 138 valence electrons. The molecule has 2 amide bonds. The van der Waals surface area contributed by atoms with Crippen molar-refractivity contribution in [3.05, 3.63) is 65.2 Å². The number of amides is 2. The van der Waals surface area contributed by atoms with Crippen LogP contribution in [0.1, 0.15) is 29.5 Å². The summed E-state index contributed by atoms with van der Waals surface area (Å²) in [6.45, 7) is 2.09. The number of alkyl carbamates (subject to hydrolysis) is 1. The van der Waals surface area contributed by atoms with Gasteiger partial charge in [0.15, 0.2) is 0 Å². The Labute approximate surface area is 157 Å². The van der Waals surface area contributed by atoms with E-state index in [1.165, 1.54) is 0 Å². The maximum Gasteiger partial charge on any atom is 0.409 e. The van der Waals surface area contributed by atoms with Gasteiger partial charge in [-0.3, -0.25) is 15.1 Å². The lowest BCUT2D eigenvalue weighted by atomic mass is 10.0. The summed E-state index contributed by atoms with van der Waals surface area (Å²) in [7, 11) is 0. The zero-order valence-electron chi connectivity index (χ0n) is 15.1. The highest BCUT2D eigenvalue weighted by molar-refractivity contribution is 6.14. The third-order valence-electron chi connectivity index (χ3n) is 4.74. The molecule has 2 aromatic rings. The van der Waals surface area contributed by atoms with Crippen molar-refractivity contribution in [1.29, 1.82) is 0 Å². The number of rotatable bonds is 4. The van der Waals surface area contributed by atoms with Gasteiger partial charge in [0, 0.05) is 11.5 Å². The highest BCUT2D eigenvalue weighted by Gasteiger charge is 2.35. The maximum atomic E-state index is 12.6. The third kappa shape index (κ3) is 3.84. The van der Waals surface area contributed by atoms with Crippen molar-refractivity contribution >= 4 is 23.4 Å². The summed E-state index contributed by atoms with van der Waals surface area (Å²) in [4.78, 5) is 29.4. The van der Waals surface area contributed by atoms with Crippen molar-refractivity contribution < 1.29 is 14.3 Å². The van der Waals surface area contributed by atoms with E-state index in [2.05, 4.69) is 15.6 Å². The average Bonchev–Trinajstić information content (AvgIpc) is 3.51. The number of anilines is 1. The van der Waals surface area contributed by atoms with E-state index < -0.39 is 12.3 Å². The second-order valence-electron chi connectivity index (χ2n) is 6.88. The predicted molar refractivity (Wildman–Crippen MR) is 103 cm³/mol. The normalized spacial score (nSPS) is 18.6. The summed E-state index contributed by atoms with van der Waals surface area (Å²) in [6, 6.07) is 15.3. The molecular formula is C21H21N3O3. The summed E-state index contributed by atoms with van der Waals surface area (Å²) in [5.74, 6) is -0.0271. The van der Waals surface area contributed by atoms with Gasteiger partial charge in [-0.15, -0.1) is 0 Å². The molecule has 6 nitrogen and oxygen atoms in total. The largest absolute Gasteiger partial charge is 0.445 e. The summed E-state index contributed by atoms with van der Waals surface area (Å²) < 4.78 is 5.23. The number of nitrogens with one attached hydrogen (secondary N) is 2. The van der Waals surface area contributed by atoms with E-state index in [0.29, 0.717) is 5.92 Å². The number of aryl methyl sites for hydroxylation is 1. The number of para-hydroxylation sites is 1.